The van der Waals surface area contributed by atoms with Gasteiger partial charge in [-0.25, -0.2) is 4.79 Å². The molecule has 2 atom stereocenters. The van der Waals surface area contributed by atoms with E-state index in [2.05, 4.69) is 24.1 Å². The van der Waals surface area contributed by atoms with Gasteiger partial charge in [0.25, 0.3) is 0 Å². The number of amides is 2. The second-order valence-electron chi connectivity index (χ2n) is 7.47. The number of carbonyl (C=O) groups is 1. The van der Waals surface area contributed by atoms with Crippen molar-refractivity contribution in [1.29, 1.82) is 0 Å². The van der Waals surface area contributed by atoms with Crippen molar-refractivity contribution in [2.45, 2.75) is 71.4 Å². The molecule has 2 rings (SSSR count). The number of likely N-dealkylation sites (tertiary alicyclic amines) is 1. The third-order valence-corrected chi connectivity index (χ3v) is 4.82. The summed E-state index contributed by atoms with van der Waals surface area (Å²) in [6.45, 7) is 7.52. The van der Waals surface area contributed by atoms with E-state index in [1.54, 1.807) is 6.92 Å². The Hall–Kier alpha value is -0.770. The number of aliphatic hydroxyl groups is 1. The molecule has 1 heterocycles. The lowest BCUT2D eigenvalue weighted by molar-refractivity contribution is 0.119. The Labute approximate surface area is 122 Å². The van der Waals surface area contributed by atoms with Crippen molar-refractivity contribution in [2.24, 2.45) is 11.3 Å². The Morgan fingerprint density at radius 1 is 1.35 bits per heavy atom. The monoisotopic (exact) mass is 282 g/mol. The van der Waals surface area contributed by atoms with E-state index in [1.807, 2.05) is 0 Å². The maximum atomic E-state index is 12.4. The summed E-state index contributed by atoms with van der Waals surface area (Å²) in [4.78, 5) is 14.4. The summed E-state index contributed by atoms with van der Waals surface area (Å²) in [5, 5.41) is 12.6. The Kier molecular flexibility index (Phi) is 4.95. The molecule has 0 aromatic carbocycles. The molecule has 2 amide bonds. The molecule has 2 N–H and O–H groups in total. The molecule has 4 heteroatoms. The third-order valence-electron chi connectivity index (χ3n) is 4.82. The predicted molar refractivity (Wildman–Crippen MR) is 80.5 cm³/mol. The lowest BCUT2D eigenvalue weighted by Crippen LogP contribution is -2.49. The van der Waals surface area contributed by atoms with Gasteiger partial charge >= 0.3 is 6.03 Å². The molecule has 2 aliphatic rings. The molecule has 0 aromatic rings. The van der Waals surface area contributed by atoms with Crippen molar-refractivity contribution in [1.82, 2.24) is 10.2 Å². The number of hydrogen-bond donors (Lipinski definition) is 2. The Morgan fingerprint density at radius 3 is 2.60 bits per heavy atom. The van der Waals surface area contributed by atoms with Crippen LogP contribution in [0.5, 0.6) is 0 Å². The van der Waals surface area contributed by atoms with E-state index in [4.69, 9.17) is 0 Å². The van der Waals surface area contributed by atoms with Gasteiger partial charge in [-0.1, -0.05) is 20.3 Å². The fraction of sp³-hybridized carbons (Fsp3) is 0.938. The fourth-order valence-electron chi connectivity index (χ4n) is 3.65. The topological polar surface area (TPSA) is 52.6 Å². The zero-order valence-electron chi connectivity index (χ0n) is 13.2. The molecular formula is C16H30N2O2. The highest BCUT2D eigenvalue weighted by atomic mass is 16.3. The molecule has 0 radical (unpaired) electrons. The van der Waals surface area contributed by atoms with Gasteiger partial charge in [-0.15, -0.1) is 0 Å². The van der Waals surface area contributed by atoms with E-state index in [0.29, 0.717) is 19.0 Å². The molecule has 1 saturated heterocycles. The fourth-order valence-corrected chi connectivity index (χ4v) is 3.65. The van der Waals surface area contributed by atoms with Gasteiger partial charge in [-0.2, -0.15) is 0 Å². The van der Waals surface area contributed by atoms with Crippen LogP contribution in [-0.4, -0.2) is 41.3 Å². The highest BCUT2D eigenvalue weighted by Gasteiger charge is 2.37. The van der Waals surface area contributed by atoms with Crippen LogP contribution in [0.3, 0.4) is 0 Å². The molecule has 4 nitrogen and oxygen atoms in total. The minimum Gasteiger partial charge on any atom is -0.393 e. The molecule has 0 aromatic heterocycles. The van der Waals surface area contributed by atoms with E-state index in [0.717, 1.165) is 18.9 Å². The predicted octanol–water partition coefficient (Wildman–Crippen LogP) is 2.76. The summed E-state index contributed by atoms with van der Waals surface area (Å²) in [6.07, 6.45) is 6.62. The zero-order chi connectivity index (χ0) is 14.8. The normalized spacial score (nSPS) is 25.4. The number of rotatable bonds is 5. The van der Waals surface area contributed by atoms with Gasteiger partial charge in [-0.3, -0.25) is 0 Å². The van der Waals surface area contributed by atoms with Crippen molar-refractivity contribution >= 4 is 6.03 Å². The van der Waals surface area contributed by atoms with Crippen LogP contribution in [-0.2, 0) is 0 Å². The van der Waals surface area contributed by atoms with Crippen LogP contribution >= 0.6 is 0 Å². The number of urea groups is 1. The smallest absolute Gasteiger partial charge is 0.317 e. The number of nitrogens with zero attached hydrogens (tertiary/aromatic N) is 1. The van der Waals surface area contributed by atoms with Crippen molar-refractivity contribution in [3.63, 3.8) is 0 Å². The summed E-state index contributed by atoms with van der Waals surface area (Å²) in [5.74, 6) is 0.744. The zero-order valence-corrected chi connectivity index (χ0v) is 13.2. The average Bonchev–Trinajstić information content (AvgIpc) is 2.71. The summed E-state index contributed by atoms with van der Waals surface area (Å²) in [7, 11) is 0. The van der Waals surface area contributed by atoms with Crippen LogP contribution in [0.1, 0.15) is 59.3 Å². The summed E-state index contributed by atoms with van der Waals surface area (Å²) >= 11 is 0. The van der Waals surface area contributed by atoms with Gasteiger partial charge in [0.2, 0.25) is 0 Å². The first kappa shape index (κ1) is 15.6. The van der Waals surface area contributed by atoms with Gasteiger partial charge in [0, 0.05) is 19.1 Å². The van der Waals surface area contributed by atoms with E-state index in [9.17, 15) is 9.90 Å². The largest absolute Gasteiger partial charge is 0.393 e. The highest BCUT2D eigenvalue weighted by Crippen LogP contribution is 2.37. The quantitative estimate of drug-likeness (QED) is 0.814. The second-order valence-corrected chi connectivity index (χ2v) is 7.47. The van der Waals surface area contributed by atoms with Crippen molar-refractivity contribution < 1.29 is 9.90 Å². The number of nitrogens with one attached hydrogen (secondary N) is 1. The van der Waals surface area contributed by atoms with Crippen LogP contribution in [0.2, 0.25) is 0 Å². The third kappa shape index (κ3) is 3.87. The molecule has 116 valence electrons. The number of carbonyl (C=O) groups excluding carboxylic acids is 1. The van der Waals surface area contributed by atoms with Crippen molar-refractivity contribution in [3.05, 3.63) is 0 Å². The molecule has 20 heavy (non-hydrogen) atoms. The van der Waals surface area contributed by atoms with Crippen LogP contribution in [0, 0.1) is 11.3 Å². The molecule has 1 aliphatic carbocycles. The van der Waals surface area contributed by atoms with Gasteiger partial charge in [-0.05, 0) is 50.4 Å². The Morgan fingerprint density at radius 2 is 2.05 bits per heavy atom. The average molecular weight is 282 g/mol. The standard InChI is InChI=1S/C16H30N2O2/c1-12(19)10-16(2,3)11-17-15(20)18-9-5-8-14(18)13-6-4-7-13/h12-14,19H,4-11H2,1-3H3,(H,17,20). The molecular weight excluding hydrogens is 252 g/mol. The number of hydrogen-bond acceptors (Lipinski definition) is 2. The van der Waals surface area contributed by atoms with Gasteiger partial charge in [0.05, 0.1) is 6.10 Å². The molecule has 0 spiro atoms. The van der Waals surface area contributed by atoms with Crippen LogP contribution in [0.25, 0.3) is 0 Å². The summed E-state index contributed by atoms with van der Waals surface area (Å²) in [6, 6.07) is 0.571. The first-order chi connectivity index (χ1) is 9.39. The van der Waals surface area contributed by atoms with Gasteiger partial charge in [0.15, 0.2) is 0 Å². The highest BCUT2D eigenvalue weighted by molar-refractivity contribution is 5.75. The summed E-state index contributed by atoms with van der Waals surface area (Å²) in [5.41, 5.74) is -0.0600. The first-order valence-electron chi connectivity index (χ1n) is 8.11. The second kappa shape index (κ2) is 6.33. The minimum absolute atomic E-state index is 0.0600. The SMILES string of the molecule is CC(O)CC(C)(C)CNC(=O)N1CCCC1C1CCC1. The molecule has 1 aliphatic heterocycles. The molecule has 2 fully saturated rings. The maximum absolute atomic E-state index is 12.4. The van der Waals surface area contributed by atoms with Gasteiger partial charge < -0.3 is 15.3 Å². The first-order valence-corrected chi connectivity index (χ1v) is 8.11. The summed E-state index contributed by atoms with van der Waals surface area (Å²) < 4.78 is 0. The van der Waals surface area contributed by atoms with E-state index in [1.165, 1.54) is 25.7 Å². The Bertz CT molecular complexity index is 337. The molecule has 0 bridgehead atoms. The molecule has 1 saturated carbocycles. The minimum atomic E-state index is -0.323. The number of aliphatic hydroxyl groups excluding tert-OH is 1. The van der Waals surface area contributed by atoms with E-state index < -0.39 is 0 Å². The lowest BCUT2D eigenvalue weighted by atomic mass is 9.79. The van der Waals surface area contributed by atoms with Gasteiger partial charge in [0.1, 0.15) is 0 Å². The van der Waals surface area contributed by atoms with E-state index in [-0.39, 0.29) is 17.6 Å². The van der Waals surface area contributed by atoms with Crippen LogP contribution in [0.4, 0.5) is 4.79 Å². The van der Waals surface area contributed by atoms with Crippen molar-refractivity contribution in [2.75, 3.05) is 13.1 Å². The maximum Gasteiger partial charge on any atom is 0.317 e. The Balaban J connectivity index is 1.81. The van der Waals surface area contributed by atoms with Crippen LogP contribution < -0.4 is 5.32 Å². The molecule has 2 unspecified atom stereocenters. The van der Waals surface area contributed by atoms with Crippen molar-refractivity contribution in [3.8, 4) is 0 Å². The van der Waals surface area contributed by atoms with Crippen LogP contribution in [0.15, 0.2) is 0 Å². The lowest BCUT2D eigenvalue weighted by Gasteiger charge is -2.37. The van der Waals surface area contributed by atoms with E-state index >= 15 is 0 Å².